The van der Waals surface area contributed by atoms with Crippen LogP contribution in [0.4, 0.5) is 5.69 Å². The molecule has 1 aromatic carbocycles. The van der Waals surface area contributed by atoms with Gasteiger partial charge in [0.15, 0.2) is 3.79 Å². The molecule has 0 fully saturated rings. The first-order valence-electron chi connectivity index (χ1n) is 8.06. The third-order valence-corrected chi connectivity index (χ3v) is 3.48. The van der Waals surface area contributed by atoms with Gasteiger partial charge < -0.3 is 15.6 Å². The number of carboxylic acid groups (broad SMARTS) is 1. The summed E-state index contributed by atoms with van der Waals surface area (Å²) in [6, 6.07) is 6.07. The number of unbranched alkanes of at least 4 members (excludes halogenated alkanes) is 3. The zero-order valence-corrected chi connectivity index (χ0v) is 16.8. The summed E-state index contributed by atoms with van der Waals surface area (Å²) in [5.41, 5.74) is 0.790. The first-order valence-corrected chi connectivity index (χ1v) is 9.14. The van der Waals surface area contributed by atoms with E-state index in [1.807, 2.05) is 13.8 Å². The van der Waals surface area contributed by atoms with E-state index in [1.54, 1.807) is 34.7 Å². The van der Waals surface area contributed by atoms with Crippen molar-refractivity contribution >= 4 is 43.9 Å². The van der Waals surface area contributed by atoms with Crippen molar-refractivity contribution in [1.29, 1.82) is 0 Å². The molecule has 142 valence electrons. The van der Waals surface area contributed by atoms with Crippen LogP contribution in [0.5, 0.6) is 0 Å². The summed E-state index contributed by atoms with van der Waals surface area (Å²) in [4.78, 5) is 33.1. The van der Waals surface area contributed by atoms with E-state index in [9.17, 15) is 14.4 Å². The first-order chi connectivity index (χ1) is 12.0. The molecule has 1 aromatic rings. The van der Waals surface area contributed by atoms with Crippen molar-refractivity contribution in [2.24, 2.45) is 5.90 Å². The van der Waals surface area contributed by atoms with Gasteiger partial charge in [-0.25, -0.2) is 10.7 Å². The molecule has 0 bridgehead atoms. The Hall–Kier alpha value is -1.52. The van der Waals surface area contributed by atoms with Crippen molar-refractivity contribution in [2.75, 3.05) is 5.32 Å². The van der Waals surface area contributed by atoms with Gasteiger partial charge in [-0.15, -0.1) is 0 Å². The molecule has 0 radical (unpaired) electrons. The second-order valence-corrected chi connectivity index (χ2v) is 5.90. The number of halogens is 1. The van der Waals surface area contributed by atoms with Crippen LogP contribution in [0.3, 0.4) is 0 Å². The molecule has 1 rings (SSSR count). The Morgan fingerprint density at radius 1 is 0.960 bits per heavy atom. The van der Waals surface area contributed by atoms with Gasteiger partial charge in [-0.1, -0.05) is 26.7 Å². The molecule has 25 heavy (non-hydrogen) atoms. The van der Waals surface area contributed by atoms with E-state index >= 15 is 0 Å². The van der Waals surface area contributed by atoms with Crippen molar-refractivity contribution in [3.63, 3.8) is 0 Å². The normalized spacial score (nSPS) is 9.00. The quantitative estimate of drug-likeness (QED) is 0.189. The molecule has 0 aliphatic carbocycles. The fraction of sp³-hybridized carbons (Fsp3) is 0.471. The van der Waals surface area contributed by atoms with Gasteiger partial charge in [0.25, 0.3) is 0 Å². The van der Waals surface area contributed by atoms with Crippen LogP contribution in [0.15, 0.2) is 24.3 Å². The molecule has 0 saturated carbocycles. The molecule has 0 unspecified atom stereocenters. The number of carbonyl (C=O) groups is 3. The Morgan fingerprint density at radius 3 is 1.88 bits per heavy atom. The maximum absolute atomic E-state index is 11.7. The third kappa shape index (κ3) is 14.5. The number of anilines is 1. The third-order valence-electron chi connectivity index (χ3n) is 2.94. The average molecular weight is 466 g/mol. The molecule has 0 heterocycles. The van der Waals surface area contributed by atoms with Crippen molar-refractivity contribution < 1.29 is 24.7 Å². The Balaban J connectivity index is 0. The van der Waals surface area contributed by atoms with Gasteiger partial charge in [0.2, 0.25) is 5.91 Å². The van der Waals surface area contributed by atoms with Gasteiger partial charge >= 0.3 is 5.97 Å². The van der Waals surface area contributed by atoms with Crippen LogP contribution in [0, 0.1) is 0 Å². The highest BCUT2D eigenvalue weighted by molar-refractivity contribution is 14.1. The molecular weight excluding hydrogens is 439 g/mol. The standard InChI is InChI=1S/C15H18INO4.C2H6.H3NO/c16-13(18)5-3-1-2-4-6-14(19)17-12-9-7-11(8-10-12)15(20)21;2*1-2/h7-10H,1-6H2,(H,17,19)(H,20,21);1-2H3;2H,1H2. The summed E-state index contributed by atoms with van der Waals surface area (Å²) < 4.78 is 0.176. The second-order valence-electron chi connectivity index (χ2n) is 4.70. The van der Waals surface area contributed by atoms with Gasteiger partial charge in [0, 0.05) is 18.5 Å². The number of amides is 1. The van der Waals surface area contributed by atoms with E-state index in [4.69, 9.17) is 10.3 Å². The molecule has 0 saturated heterocycles. The summed E-state index contributed by atoms with van der Waals surface area (Å²) in [6.07, 6.45) is 4.57. The number of rotatable bonds is 9. The predicted molar refractivity (Wildman–Crippen MR) is 106 cm³/mol. The largest absolute Gasteiger partial charge is 0.478 e. The second kappa shape index (κ2) is 17.3. The number of benzene rings is 1. The number of nitrogens with one attached hydrogen (secondary N) is 1. The highest BCUT2D eigenvalue weighted by Crippen LogP contribution is 2.12. The number of carboxylic acids is 1. The highest BCUT2D eigenvalue weighted by Gasteiger charge is 2.05. The lowest BCUT2D eigenvalue weighted by Gasteiger charge is -2.05. The highest BCUT2D eigenvalue weighted by atomic mass is 127. The smallest absolute Gasteiger partial charge is 0.335 e. The minimum atomic E-state index is -0.988. The van der Waals surface area contributed by atoms with E-state index in [0.717, 1.165) is 25.7 Å². The monoisotopic (exact) mass is 466 g/mol. The predicted octanol–water partition coefficient (Wildman–Crippen LogP) is 3.99. The maximum atomic E-state index is 11.7. The van der Waals surface area contributed by atoms with E-state index in [2.05, 4.69) is 11.2 Å². The van der Waals surface area contributed by atoms with Crippen LogP contribution in [-0.2, 0) is 9.59 Å². The number of hydrogen-bond donors (Lipinski definition) is 4. The molecule has 1 amide bonds. The number of nitrogens with two attached hydrogens (primary N) is 1. The molecule has 0 atom stereocenters. The summed E-state index contributed by atoms with van der Waals surface area (Å²) in [6.45, 7) is 4.00. The van der Waals surface area contributed by atoms with Gasteiger partial charge in [0.1, 0.15) is 0 Å². The summed E-state index contributed by atoms with van der Waals surface area (Å²) in [5.74, 6) is 2.43. The van der Waals surface area contributed by atoms with E-state index in [1.165, 1.54) is 12.1 Å². The lowest BCUT2D eigenvalue weighted by Crippen LogP contribution is -2.11. The van der Waals surface area contributed by atoms with Gasteiger partial charge in [0.05, 0.1) is 5.56 Å². The van der Waals surface area contributed by atoms with Crippen LogP contribution in [-0.4, -0.2) is 26.0 Å². The zero-order chi connectivity index (χ0) is 19.7. The summed E-state index contributed by atoms with van der Waals surface area (Å²) in [5, 5.41) is 18.0. The molecule has 0 aliphatic rings. The van der Waals surface area contributed by atoms with Gasteiger partial charge in [-0.05, 0) is 59.7 Å². The molecular formula is C17H27IN2O5. The molecule has 8 heteroatoms. The van der Waals surface area contributed by atoms with Crippen molar-refractivity contribution in [3.8, 4) is 0 Å². The van der Waals surface area contributed by atoms with E-state index in [0.29, 0.717) is 18.5 Å². The Morgan fingerprint density at radius 2 is 1.44 bits per heavy atom. The number of carbonyl (C=O) groups excluding carboxylic acids is 2. The summed E-state index contributed by atoms with van der Waals surface area (Å²) in [7, 11) is 0. The SMILES string of the molecule is CC.NO.O=C(I)CCCCCCC(=O)Nc1ccc(C(=O)O)cc1. The van der Waals surface area contributed by atoms with Crippen LogP contribution >= 0.6 is 22.6 Å². The molecule has 0 aromatic heterocycles. The zero-order valence-electron chi connectivity index (χ0n) is 14.6. The number of hydrogen-bond acceptors (Lipinski definition) is 5. The fourth-order valence-corrected chi connectivity index (χ4v) is 2.20. The topological polar surface area (TPSA) is 130 Å². The van der Waals surface area contributed by atoms with Gasteiger partial charge in [-0.3, -0.25) is 9.59 Å². The Kier molecular flexibility index (Phi) is 17.8. The first kappa shape index (κ1) is 25.7. The maximum Gasteiger partial charge on any atom is 0.335 e. The summed E-state index contributed by atoms with van der Waals surface area (Å²) >= 11 is 1.79. The van der Waals surface area contributed by atoms with Crippen molar-refractivity contribution in [2.45, 2.75) is 52.4 Å². The van der Waals surface area contributed by atoms with Crippen LogP contribution < -0.4 is 11.2 Å². The number of aromatic carboxylic acids is 1. The fourth-order valence-electron chi connectivity index (χ4n) is 1.82. The minimum Gasteiger partial charge on any atom is -0.478 e. The lowest BCUT2D eigenvalue weighted by molar-refractivity contribution is -0.116. The minimum absolute atomic E-state index is 0.0805. The lowest BCUT2D eigenvalue weighted by atomic mass is 10.1. The molecule has 0 aliphatic heterocycles. The molecule has 7 nitrogen and oxygen atoms in total. The Bertz CT molecular complexity index is 506. The molecule has 5 N–H and O–H groups in total. The molecule has 0 spiro atoms. The van der Waals surface area contributed by atoms with Crippen LogP contribution in [0.25, 0.3) is 0 Å². The van der Waals surface area contributed by atoms with E-state index < -0.39 is 5.97 Å². The average Bonchev–Trinajstić information content (AvgIpc) is 2.61. The van der Waals surface area contributed by atoms with E-state index in [-0.39, 0.29) is 15.3 Å². The van der Waals surface area contributed by atoms with Crippen molar-refractivity contribution in [3.05, 3.63) is 29.8 Å². The van der Waals surface area contributed by atoms with Gasteiger partial charge in [-0.2, -0.15) is 0 Å². The van der Waals surface area contributed by atoms with Crippen LogP contribution in [0.2, 0.25) is 0 Å². The van der Waals surface area contributed by atoms with Crippen LogP contribution in [0.1, 0.15) is 62.7 Å². The Labute approximate surface area is 162 Å². The van der Waals surface area contributed by atoms with Crippen molar-refractivity contribution in [1.82, 2.24) is 0 Å².